The van der Waals surface area contributed by atoms with E-state index in [1.165, 1.54) is 257 Å². The molecule has 106 heavy (non-hydrogen) atoms. The Labute approximate surface area is 650 Å². The van der Waals surface area contributed by atoms with E-state index in [-0.39, 0.29) is 25.7 Å². The van der Waals surface area contributed by atoms with E-state index in [1.807, 2.05) is 0 Å². The number of phosphoric acid groups is 2. The van der Waals surface area contributed by atoms with Crippen LogP contribution in [0.5, 0.6) is 0 Å². The molecule has 19 heteroatoms. The normalized spacial score (nSPS) is 13.9. The molecule has 0 spiro atoms. The van der Waals surface area contributed by atoms with Crippen molar-refractivity contribution in [3.63, 3.8) is 0 Å². The van der Waals surface area contributed by atoms with E-state index in [0.29, 0.717) is 25.7 Å². The van der Waals surface area contributed by atoms with Gasteiger partial charge in [0.05, 0.1) is 26.4 Å². The molecule has 0 saturated heterocycles. The van der Waals surface area contributed by atoms with Crippen molar-refractivity contribution in [2.75, 3.05) is 39.6 Å². The molecule has 3 N–H and O–H groups in total. The number of carbonyl (C=O) groups is 4. The minimum atomic E-state index is -4.97. The molecule has 0 aromatic heterocycles. The summed E-state index contributed by atoms with van der Waals surface area (Å²) in [7, 11) is -9.94. The SMILES string of the molecule is CCCCCC/C=C\C=C/CCCCCCCC(=O)O[C@H](COC(=O)CCCCCCCCCCCCCC)COP(=O)(O)OC[C@H](O)COP(=O)(O)OC[C@@H](COC(=O)CCCCCCCCCCCCCCCCCC(C)C)OC(=O)CCCCCCCCCCCCCCCCCCCCCCC. The third-order valence-corrected chi connectivity index (χ3v) is 21.8. The topological polar surface area (TPSA) is 237 Å². The molecular weight excluding hydrogens is 1380 g/mol. The fourth-order valence-corrected chi connectivity index (χ4v) is 14.7. The first-order chi connectivity index (χ1) is 51.5. The first-order valence-electron chi connectivity index (χ1n) is 44.5. The quantitative estimate of drug-likeness (QED) is 0.0169. The fraction of sp³-hybridized carbons (Fsp3) is 0.908. The molecule has 0 radical (unpaired) electrons. The van der Waals surface area contributed by atoms with Crippen molar-refractivity contribution < 1.29 is 80.2 Å². The minimum Gasteiger partial charge on any atom is -0.462 e. The number of hydrogen-bond donors (Lipinski definition) is 3. The summed E-state index contributed by atoms with van der Waals surface area (Å²) in [5, 5.41) is 10.7. The molecule has 0 aromatic carbocycles. The fourth-order valence-electron chi connectivity index (χ4n) is 13.1. The molecule has 0 bridgehead atoms. The zero-order chi connectivity index (χ0) is 77.6. The van der Waals surface area contributed by atoms with Crippen molar-refractivity contribution in [3.8, 4) is 0 Å². The van der Waals surface area contributed by atoms with Gasteiger partial charge in [0.1, 0.15) is 19.3 Å². The zero-order valence-electron chi connectivity index (χ0n) is 69.1. The molecule has 17 nitrogen and oxygen atoms in total. The molecule has 0 aliphatic carbocycles. The molecule has 0 heterocycles. The summed E-state index contributed by atoms with van der Waals surface area (Å²) in [6.07, 6.45) is 75.8. The van der Waals surface area contributed by atoms with Crippen LogP contribution in [0.2, 0.25) is 0 Å². The van der Waals surface area contributed by atoms with Crippen molar-refractivity contribution >= 4 is 39.5 Å². The van der Waals surface area contributed by atoms with E-state index in [4.69, 9.17) is 37.0 Å². The van der Waals surface area contributed by atoms with Crippen molar-refractivity contribution in [3.05, 3.63) is 24.3 Å². The van der Waals surface area contributed by atoms with E-state index in [1.54, 1.807) is 0 Å². The molecule has 626 valence electrons. The standard InChI is InChI=1S/C87H166O17P2/c1-6-9-12-15-18-21-24-27-29-30-31-32-33-34-38-43-48-53-58-63-68-73-87(92)104-83(77-98-85(90)71-66-61-56-51-46-41-39-35-37-40-44-49-54-59-64-69-80(4)5)79-102-106(95,96)100-75-81(88)74-99-105(93,94)101-78-82(76-97-84(89)70-65-60-55-50-45-26-23-20-17-14-11-8-3)103-86(91)72-67-62-57-52-47-42-36-28-25-22-19-16-13-10-7-2/h22,25,28,36,80-83,88H,6-21,23-24,26-27,29-35,37-79H2,1-5H3,(H,93,94)(H,95,96)/b25-22-,36-28-/t81-,82+,83+/m0/s1. The number of rotatable bonds is 85. The van der Waals surface area contributed by atoms with Crippen molar-refractivity contribution in [2.45, 2.75) is 464 Å². The van der Waals surface area contributed by atoms with Crippen LogP contribution in [0.3, 0.4) is 0 Å². The molecule has 0 aliphatic rings. The number of phosphoric ester groups is 2. The third kappa shape index (κ3) is 79.6. The van der Waals surface area contributed by atoms with Gasteiger partial charge < -0.3 is 33.8 Å². The molecule has 0 amide bonds. The van der Waals surface area contributed by atoms with Gasteiger partial charge in [-0.05, 0) is 57.3 Å². The maximum absolute atomic E-state index is 13.2. The molecule has 0 aliphatic heterocycles. The molecule has 2 unspecified atom stereocenters. The Morgan fingerprint density at radius 1 is 0.292 bits per heavy atom. The Kier molecular flexibility index (Phi) is 77.4. The third-order valence-electron chi connectivity index (χ3n) is 19.9. The smallest absolute Gasteiger partial charge is 0.462 e. The summed E-state index contributed by atoms with van der Waals surface area (Å²) in [5.41, 5.74) is 0. The predicted molar refractivity (Wildman–Crippen MR) is 437 cm³/mol. The minimum absolute atomic E-state index is 0.0859. The van der Waals surface area contributed by atoms with Crippen LogP contribution in [0.25, 0.3) is 0 Å². The number of carbonyl (C=O) groups excluding carboxylic acids is 4. The first kappa shape index (κ1) is 104. The van der Waals surface area contributed by atoms with Gasteiger partial charge >= 0.3 is 39.5 Å². The van der Waals surface area contributed by atoms with Crippen LogP contribution in [-0.4, -0.2) is 96.7 Å². The molecule has 0 aromatic rings. The number of esters is 4. The zero-order valence-corrected chi connectivity index (χ0v) is 70.9. The molecule has 0 saturated carbocycles. The van der Waals surface area contributed by atoms with Gasteiger partial charge in [-0.25, -0.2) is 9.13 Å². The summed E-state index contributed by atoms with van der Waals surface area (Å²) < 4.78 is 68.9. The number of ether oxygens (including phenoxy) is 4. The molecule has 0 fully saturated rings. The van der Waals surface area contributed by atoms with Gasteiger partial charge in [0.25, 0.3) is 0 Å². The Balaban J connectivity index is 5.27. The lowest BCUT2D eigenvalue weighted by atomic mass is 10.0. The Bertz CT molecular complexity index is 2110. The van der Waals surface area contributed by atoms with Gasteiger partial charge in [0, 0.05) is 25.7 Å². The number of unbranched alkanes of at least 4 members (excludes halogenated alkanes) is 54. The first-order valence-corrected chi connectivity index (χ1v) is 47.4. The monoisotopic (exact) mass is 1550 g/mol. The summed E-state index contributed by atoms with van der Waals surface area (Å²) in [6, 6.07) is 0. The highest BCUT2D eigenvalue weighted by molar-refractivity contribution is 7.47. The maximum Gasteiger partial charge on any atom is 0.472 e. The number of aliphatic hydroxyl groups excluding tert-OH is 1. The lowest BCUT2D eigenvalue weighted by Gasteiger charge is -2.21. The highest BCUT2D eigenvalue weighted by Gasteiger charge is 2.30. The predicted octanol–water partition coefficient (Wildman–Crippen LogP) is 26.3. The Hall–Kier alpha value is -2.46. The summed E-state index contributed by atoms with van der Waals surface area (Å²) in [4.78, 5) is 73.2. The second-order valence-corrected chi connectivity index (χ2v) is 34.0. The average molecular weight is 1550 g/mol. The molecule has 5 atom stereocenters. The molecular formula is C87H166O17P2. The molecule has 0 rings (SSSR count). The van der Waals surface area contributed by atoms with Gasteiger partial charge in [0.2, 0.25) is 0 Å². The number of allylic oxidation sites excluding steroid dienone is 4. The lowest BCUT2D eigenvalue weighted by molar-refractivity contribution is -0.161. The van der Waals surface area contributed by atoms with Crippen LogP contribution in [0.4, 0.5) is 0 Å². The van der Waals surface area contributed by atoms with E-state index < -0.39 is 97.5 Å². The van der Waals surface area contributed by atoms with Gasteiger partial charge in [0.15, 0.2) is 12.2 Å². The summed E-state index contributed by atoms with van der Waals surface area (Å²) >= 11 is 0. The van der Waals surface area contributed by atoms with E-state index in [9.17, 15) is 43.2 Å². The van der Waals surface area contributed by atoms with Crippen molar-refractivity contribution in [1.29, 1.82) is 0 Å². The number of hydrogen-bond acceptors (Lipinski definition) is 15. The van der Waals surface area contributed by atoms with E-state index in [2.05, 4.69) is 58.9 Å². The number of aliphatic hydroxyl groups is 1. The second-order valence-electron chi connectivity index (χ2n) is 31.1. The average Bonchev–Trinajstić information content (AvgIpc) is 0.902. The summed E-state index contributed by atoms with van der Waals surface area (Å²) in [5.74, 6) is -1.32. The van der Waals surface area contributed by atoms with Gasteiger partial charge in [-0.15, -0.1) is 0 Å². The second kappa shape index (κ2) is 79.2. The highest BCUT2D eigenvalue weighted by Crippen LogP contribution is 2.45. The Morgan fingerprint density at radius 3 is 0.774 bits per heavy atom. The largest absolute Gasteiger partial charge is 0.472 e. The van der Waals surface area contributed by atoms with Crippen LogP contribution in [0.1, 0.15) is 446 Å². The van der Waals surface area contributed by atoms with Crippen LogP contribution in [0, 0.1) is 5.92 Å². The van der Waals surface area contributed by atoms with E-state index in [0.717, 1.165) is 109 Å². The summed E-state index contributed by atoms with van der Waals surface area (Å²) in [6.45, 7) is 7.33. The van der Waals surface area contributed by atoms with Crippen LogP contribution in [-0.2, 0) is 65.4 Å². The highest BCUT2D eigenvalue weighted by atomic mass is 31.2. The van der Waals surface area contributed by atoms with Crippen LogP contribution in [0.15, 0.2) is 24.3 Å². The van der Waals surface area contributed by atoms with Crippen LogP contribution < -0.4 is 0 Å². The van der Waals surface area contributed by atoms with Gasteiger partial charge in [-0.1, -0.05) is 393 Å². The van der Waals surface area contributed by atoms with Gasteiger partial charge in [-0.2, -0.15) is 0 Å². The van der Waals surface area contributed by atoms with Crippen LogP contribution >= 0.6 is 15.6 Å². The van der Waals surface area contributed by atoms with Crippen molar-refractivity contribution in [1.82, 2.24) is 0 Å². The Morgan fingerprint density at radius 2 is 0.509 bits per heavy atom. The lowest BCUT2D eigenvalue weighted by Crippen LogP contribution is -2.30. The maximum atomic E-state index is 13.2. The van der Waals surface area contributed by atoms with Crippen molar-refractivity contribution in [2.24, 2.45) is 5.92 Å². The van der Waals surface area contributed by atoms with Gasteiger partial charge in [-0.3, -0.25) is 37.3 Å². The van der Waals surface area contributed by atoms with E-state index >= 15 is 0 Å².